The maximum Gasteiger partial charge on any atom is 0.411 e. The van der Waals surface area contributed by atoms with Gasteiger partial charge >= 0.3 is 18.3 Å². The molecule has 10 aliphatic rings. The molecule has 0 unspecified atom stereocenters. The van der Waals surface area contributed by atoms with Crippen molar-refractivity contribution in [1.82, 2.24) is 40.1 Å². The van der Waals surface area contributed by atoms with Gasteiger partial charge in [0.2, 0.25) is 31.9 Å². The number of hydrogen-bond donors (Lipinski definition) is 5. The van der Waals surface area contributed by atoms with E-state index < -0.39 is 124 Å². The molecule has 2 aromatic rings. The van der Waals surface area contributed by atoms with Gasteiger partial charge in [0.05, 0.1) is 35.2 Å². The number of amides is 7. The first-order valence-corrected chi connectivity index (χ1v) is 35.5. The van der Waals surface area contributed by atoms with Crippen molar-refractivity contribution in [1.29, 1.82) is 0 Å². The molecule has 4 saturated carbocycles. The van der Waals surface area contributed by atoms with Crippen LogP contribution in [0.15, 0.2) is 60.7 Å². The van der Waals surface area contributed by atoms with Crippen molar-refractivity contribution < 1.29 is 73.4 Å². The molecule has 0 aromatic heterocycles. The average molecular weight is 1310 g/mol. The Bertz CT molecular complexity index is 3480. The largest absolute Gasteiger partial charge is 0.445 e. The molecule has 22 nitrogen and oxygen atoms in total. The van der Waals surface area contributed by atoms with Gasteiger partial charge in [0.25, 0.3) is 11.8 Å². The molecule has 6 heterocycles. The summed E-state index contributed by atoms with van der Waals surface area (Å²) in [7, 11) is -7.88. The van der Waals surface area contributed by atoms with Crippen LogP contribution < -0.4 is 25.4 Å². The fourth-order valence-corrected chi connectivity index (χ4v) is 17.3. The fourth-order valence-electron chi connectivity index (χ4n) is 13.9. The van der Waals surface area contributed by atoms with Gasteiger partial charge in [0.1, 0.15) is 46.6 Å². The Labute approximate surface area is 531 Å². The molecule has 4 aliphatic carbocycles. The van der Waals surface area contributed by atoms with Crippen LogP contribution in [0.1, 0.15) is 184 Å². The first-order chi connectivity index (χ1) is 43.3. The van der Waals surface area contributed by atoms with E-state index in [1.165, 1.54) is 26.8 Å². The van der Waals surface area contributed by atoms with Crippen LogP contribution in [-0.2, 0) is 79.6 Å². The number of fused-ring (bicyclic) bond motifs is 4. The number of benzene rings is 2. The molecule has 12 rings (SSSR count). The molecule has 8 atom stereocenters. The van der Waals surface area contributed by atoms with Gasteiger partial charge in [-0.1, -0.05) is 99.9 Å². The Morgan fingerprint density at radius 2 is 1.04 bits per heavy atom. The van der Waals surface area contributed by atoms with Crippen molar-refractivity contribution in [3.63, 3.8) is 0 Å². The fraction of sp³-hybridized carbons (Fsp3) is 0.646. The summed E-state index contributed by atoms with van der Waals surface area (Å²) >= 11 is 0. The molecule has 0 radical (unpaired) electrons. The molecule has 26 heteroatoms. The van der Waals surface area contributed by atoms with E-state index in [0.717, 1.165) is 82.6 Å². The lowest BCUT2D eigenvalue weighted by molar-refractivity contribution is -0.131. The molecule has 2 aromatic carbocycles. The molecule has 7 amide bonds. The Morgan fingerprint density at radius 1 is 0.582 bits per heavy atom. The molecule has 2 saturated heterocycles. The van der Waals surface area contributed by atoms with Crippen LogP contribution in [0.4, 0.5) is 23.2 Å². The first-order valence-electron chi connectivity index (χ1n) is 32.5. The number of likely N-dealkylation sites (tertiary alicyclic amines) is 1. The Kier molecular flexibility index (Phi) is 18.8. The molecule has 2 spiro atoms. The number of carbonyl (C=O) groups excluding carboxylic acids is 7. The van der Waals surface area contributed by atoms with E-state index in [1.54, 1.807) is 45.0 Å². The minimum Gasteiger partial charge on any atom is -0.445 e. The van der Waals surface area contributed by atoms with Crippen LogP contribution in [0.2, 0.25) is 0 Å². The van der Waals surface area contributed by atoms with Crippen LogP contribution in [0.5, 0.6) is 0 Å². The van der Waals surface area contributed by atoms with Gasteiger partial charge in [-0.2, -0.15) is 0 Å². The summed E-state index contributed by atoms with van der Waals surface area (Å²) in [6, 6.07) is 7.52. The molecule has 496 valence electrons. The zero-order valence-corrected chi connectivity index (χ0v) is 53.8. The highest BCUT2D eigenvalue weighted by Gasteiger charge is 2.65. The van der Waals surface area contributed by atoms with E-state index in [9.17, 15) is 59.2 Å². The molecule has 6 fully saturated rings. The number of allylic oxidation sites excluding steroid dienone is 2. The van der Waals surface area contributed by atoms with Gasteiger partial charge in [-0.25, -0.2) is 40.0 Å². The van der Waals surface area contributed by atoms with E-state index in [-0.39, 0.29) is 70.3 Å². The second-order valence-corrected chi connectivity index (χ2v) is 32.0. The van der Waals surface area contributed by atoms with E-state index in [2.05, 4.69) is 25.4 Å². The van der Waals surface area contributed by atoms with Crippen molar-refractivity contribution in [2.75, 3.05) is 13.1 Å². The molecular formula is C65H86F2N8O14S2. The third-order valence-electron chi connectivity index (χ3n) is 20.0. The van der Waals surface area contributed by atoms with Crippen LogP contribution in [0.3, 0.4) is 0 Å². The molecule has 0 bridgehead atoms. The predicted molar refractivity (Wildman–Crippen MR) is 329 cm³/mol. The second kappa shape index (κ2) is 26.0. The van der Waals surface area contributed by atoms with Crippen molar-refractivity contribution in [3.05, 3.63) is 94.6 Å². The highest BCUT2D eigenvalue weighted by molar-refractivity contribution is 7.92. The van der Waals surface area contributed by atoms with Crippen molar-refractivity contribution >= 4 is 62.0 Å². The van der Waals surface area contributed by atoms with Gasteiger partial charge in [-0.15, -0.1) is 0 Å². The van der Waals surface area contributed by atoms with Gasteiger partial charge in [0, 0.05) is 55.4 Å². The first kappa shape index (κ1) is 65.8. The number of nitrogens with one attached hydrogen (secondary N) is 5. The van der Waals surface area contributed by atoms with Crippen molar-refractivity contribution in [2.24, 2.45) is 11.8 Å². The number of nitrogens with zero attached hydrogens (tertiary/aromatic N) is 3. The SMILES string of the molecule is CC(C)(C)OC(=O)N1C[C@H](OC(=O)N2Cc3cccc(F)c3C2)C[C@H]1C(=O)N[C@]12C[C@H]1/C=C/CCCCCCCC1(CC1)S(=O)(=O)NC2=O.O=C(N[C@]12C[C@H]1/C=C/CCCCCCCC1(CC1)S(=O)(=O)NC2=O)[C@@H]1C[C@@H](OC(=O)N2Cc3cccc(F)c3C2)CN1. The highest BCUT2D eigenvalue weighted by atomic mass is 32.2. The van der Waals surface area contributed by atoms with E-state index in [4.69, 9.17) is 14.2 Å². The zero-order chi connectivity index (χ0) is 64.7. The minimum absolute atomic E-state index is 0.0317. The summed E-state index contributed by atoms with van der Waals surface area (Å²) in [5.74, 6) is -4.10. The number of halogens is 2. The van der Waals surface area contributed by atoms with Crippen molar-refractivity contribution in [2.45, 2.75) is 239 Å². The summed E-state index contributed by atoms with van der Waals surface area (Å²) in [4.78, 5) is 98.1. The molecular weight excluding hydrogens is 1220 g/mol. The topological polar surface area (TPSA) is 285 Å². The third kappa shape index (κ3) is 14.4. The van der Waals surface area contributed by atoms with E-state index in [0.29, 0.717) is 61.6 Å². The summed E-state index contributed by atoms with van der Waals surface area (Å²) in [6.07, 6.45) is 19.3. The predicted octanol–water partition coefficient (Wildman–Crippen LogP) is 7.97. The maximum atomic E-state index is 14.3. The lowest BCUT2D eigenvalue weighted by Gasteiger charge is -2.29. The Morgan fingerprint density at radius 3 is 1.52 bits per heavy atom. The summed E-state index contributed by atoms with van der Waals surface area (Å²) in [5.41, 5.74) is -1.43. The summed E-state index contributed by atoms with van der Waals surface area (Å²) < 4.78 is 102. The lowest BCUT2D eigenvalue weighted by Crippen LogP contribution is -2.57. The van der Waals surface area contributed by atoms with Crippen LogP contribution in [0.25, 0.3) is 0 Å². The van der Waals surface area contributed by atoms with Gasteiger partial charge in [-0.3, -0.25) is 43.3 Å². The second-order valence-electron chi connectivity index (χ2n) is 27.8. The summed E-state index contributed by atoms with van der Waals surface area (Å²) in [6.45, 7) is 5.74. The monoisotopic (exact) mass is 1300 g/mol. The number of ether oxygens (including phenoxy) is 3. The minimum atomic E-state index is -4.00. The lowest BCUT2D eigenvalue weighted by atomic mass is 10.1. The Hall–Kier alpha value is -6.67. The van der Waals surface area contributed by atoms with E-state index in [1.807, 2.05) is 24.3 Å². The maximum absolute atomic E-state index is 14.3. The van der Waals surface area contributed by atoms with Crippen molar-refractivity contribution in [3.8, 4) is 0 Å². The highest BCUT2D eigenvalue weighted by Crippen LogP contribution is 2.51. The van der Waals surface area contributed by atoms with Crippen LogP contribution >= 0.6 is 0 Å². The van der Waals surface area contributed by atoms with E-state index >= 15 is 0 Å². The standard InChI is InChI=1S/C35H47FN4O8S.C30H39FN4O6S/c1-33(2,3)48-32(44)40-21-25(47-31(43)39-20-23-12-11-14-27(36)26(23)22-39)18-28(40)29(41)37-35-19-24(35)13-9-7-5-4-6-8-10-15-34(16-17-34)49(45,46)38-30(35)42;31-24-11-8-9-20-18-35(19-23(20)24)28(38)41-22-15-25(32-17-22)26(36)33-30-16-21(30)10-6-4-2-1-3-5-7-12-29(13-14-29)42(39,40)34-27(30)37/h9,11-14,24-25,28H,4-8,10,15-22H2,1-3H3,(H,37,41)(H,38,42);6,8-11,21-22,25,32H,1-5,7,12-19H2,(H,33,36)(H,34,37)/b13-9+;10-6+/t24-,25-,28+,35-;21-,22-,25+,30-/m11/s1. The molecule has 6 aliphatic heterocycles. The quantitative estimate of drug-likeness (QED) is 0.135. The van der Waals surface area contributed by atoms with Gasteiger partial charge < -0.3 is 30.2 Å². The van der Waals surface area contributed by atoms with Crippen LogP contribution in [-0.4, -0.2) is 137 Å². The molecule has 5 N–H and O–H groups in total. The number of carbonyl (C=O) groups is 7. The average Bonchev–Trinajstić information content (AvgIpc) is 1.59. The normalized spacial score (nSPS) is 31.0. The van der Waals surface area contributed by atoms with Gasteiger partial charge in [0.15, 0.2) is 0 Å². The smallest absolute Gasteiger partial charge is 0.411 e. The number of rotatable bonds is 6. The van der Waals surface area contributed by atoms with Crippen LogP contribution in [0, 0.1) is 23.5 Å². The molecule has 91 heavy (non-hydrogen) atoms. The zero-order valence-electron chi connectivity index (χ0n) is 52.2. The number of sulfonamides is 2. The van der Waals surface area contributed by atoms with Gasteiger partial charge in [-0.05, 0) is 121 Å². The summed E-state index contributed by atoms with van der Waals surface area (Å²) in [5, 5.41) is 8.75. The Balaban J connectivity index is 0.000000189. The third-order valence-corrected chi connectivity index (χ3v) is 24.4. The number of hydrogen-bond acceptors (Lipinski definition) is 15.